The maximum Gasteiger partial charge on any atom is 0.435 e. The first-order chi connectivity index (χ1) is 13.7. The van der Waals surface area contributed by atoms with Crippen molar-refractivity contribution in [1.29, 1.82) is 0 Å². The molecule has 29 heavy (non-hydrogen) atoms. The Morgan fingerprint density at radius 3 is 2.55 bits per heavy atom. The van der Waals surface area contributed by atoms with Crippen LogP contribution in [0.25, 0.3) is 11.0 Å². The summed E-state index contributed by atoms with van der Waals surface area (Å²) in [5.74, 6) is -0.477. The van der Waals surface area contributed by atoms with E-state index in [0.29, 0.717) is 41.7 Å². The topological polar surface area (TPSA) is 73.8 Å². The minimum absolute atomic E-state index is 0.189. The number of nitrogens with one attached hydrogen (secondary N) is 1. The average Bonchev–Trinajstić information content (AvgIpc) is 3.14. The molecule has 0 aliphatic heterocycles. The lowest BCUT2D eigenvalue weighted by atomic mass is 9.95. The van der Waals surface area contributed by atoms with Crippen molar-refractivity contribution in [3.05, 3.63) is 45.6 Å². The van der Waals surface area contributed by atoms with E-state index in [1.807, 2.05) is 0 Å². The molecule has 1 aliphatic carbocycles. The van der Waals surface area contributed by atoms with E-state index in [-0.39, 0.29) is 17.8 Å². The summed E-state index contributed by atoms with van der Waals surface area (Å²) in [6.07, 6.45) is -2.28. The molecule has 0 saturated carbocycles. The number of aromatic nitrogens is 4. The number of carbonyl (C=O) groups excluding carboxylic acids is 1. The molecule has 1 amide bonds. The molecule has 1 N–H and O–H groups in total. The standard InChI is InChI=1S/C19H20F3N5O2/c1-25-14-8-7-11(9-15(14)26(2)18(25)29)23-16(28)10-27-13-6-4-3-5-12(13)17(24-27)19(20,21)22/h7-9H,3-6,10H2,1-2H3,(H,23,28). The third-order valence-electron chi connectivity index (χ3n) is 5.37. The van der Waals surface area contributed by atoms with Crippen molar-refractivity contribution < 1.29 is 18.0 Å². The molecule has 10 heteroatoms. The monoisotopic (exact) mass is 407 g/mol. The number of amides is 1. The molecule has 154 valence electrons. The van der Waals surface area contributed by atoms with Crippen molar-refractivity contribution in [2.24, 2.45) is 14.1 Å². The van der Waals surface area contributed by atoms with Gasteiger partial charge in [-0.2, -0.15) is 18.3 Å². The van der Waals surface area contributed by atoms with Crippen LogP contribution in [-0.2, 0) is 44.5 Å². The van der Waals surface area contributed by atoms with Crippen LogP contribution in [0.5, 0.6) is 0 Å². The maximum absolute atomic E-state index is 13.3. The first-order valence-corrected chi connectivity index (χ1v) is 9.28. The van der Waals surface area contributed by atoms with E-state index in [4.69, 9.17) is 0 Å². The van der Waals surface area contributed by atoms with Gasteiger partial charge in [-0.1, -0.05) is 0 Å². The Kier molecular flexibility index (Phi) is 4.51. The summed E-state index contributed by atoms with van der Waals surface area (Å²) in [5.41, 5.74) is 1.43. The van der Waals surface area contributed by atoms with Crippen LogP contribution in [0, 0.1) is 0 Å². The zero-order valence-electron chi connectivity index (χ0n) is 16.0. The van der Waals surface area contributed by atoms with Gasteiger partial charge in [0.25, 0.3) is 0 Å². The van der Waals surface area contributed by atoms with Gasteiger partial charge in [0.1, 0.15) is 6.54 Å². The molecule has 0 saturated heterocycles. The van der Waals surface area contributed by atoms with E-state index in [9.17, 15) is 22.8 Å². The van der Waals surface area contributed by atoms with Gasteiger partial charge in [-0.25, -0.2) is 4.79 Å². The van der Waals surface area contributed by atoms with Crippen molar-refractivity contribution in [1.82, 2.24) is 18.9 Å². The number of halogens is 3. The van der Waals surface area contributed by atoms with Gasteiger partial charge in [-0.05, 0) is 43.9 Å². The lowest BCUT2D eigenvalue weighted by Crippen LogP contribution is -2.22. The fourth-order valence-corrected chi connectivity index (χ4v) is 3.95. The Balaban J connectivity index is 1.59. The van der Waals surface area contributed by atoms with Crippen LogP contribution in [0.3, 0.4) is 0 Å². The summed E-state index contributed by atoms with van der Waals surface area (Å²) in [6.45, 7) is -0.301. The number of carbonyl (C=O) groups is 1. The Labute approximate surface area is 163 Å². The predicted molar refractivity (Wildman–Crippen MR) is 101 cm³/mol. The van der Waals surface area contributed by atoms with Gasteiger partial charge in [0.2, 0.25) is 5.91 Å². The summed E-state index contributed by atoms with van der Waals surface area (Å²) >= 11 is 0. The van der Waals surface area contributed by atoms with Gasteiger partial charge in [-0.15, -0.1) is 0 Å². The van der Waals surface area contributed by atoms with E-state index < -0.39 is 17.8 Å². The smallest absolute Gasteiger partial charge is 0.324 e. The quantitative estimate of drug-likeness (QED) is 0.725. The molecule has 1 aliphatic rings. The highest BCUT2D eigenvalue weighted by atomic mass is 19.4. The summed E-state index contributed by atoms with van der Waals surface area (Å²) in [7, 11) is 3.28. The highest BCUT2D eigenvalue weighted by Crippen LogP contribution is 2.35. The molecule has 7 nitrogen and oxygen atoms in total. The van der Waals surface area contributed by atoms with E-state index in [0.717, 1.165) is 6.42 Å². The number of aryl methyl sites for hydroxylation is 2. The van der Waals surface area contributed by atoms with Crippen LogP contribution < -0.4 is 11.0 Å². The summed E-state index contributed by atoms with van der Waals surface area (Å²) in [5, 5.41) is 6.39. The highest BCUT2D eigenvalue weighted by Gasteiger charge is 2.39. The SMILES string of the molecule is Cn1c(=O)n(C)c2cc(NC(=O)Cn3nc(C(F)(F)F)c4c3CCCC4)ccc21. The van der Waals surface area contributed by atoms with Crippen LogP contribution in [-0.4, -0.2) is 24.8 Å². The number of fused-ring (bicyclic) bond motifs is 2. The number of rotatable bonds is 3. The van der Waals surface area contributed by atoms with Crippen molar-refractivity contribution in [3.63, 3.8) is 0 Å². The number of hydrogen-bond donors (Lipinski definition) is 1. The van der Waals surface area contributed by atoms with Crippen molar-refractivity contribution in [3.8, 4) is 0 Å². The average molecular weight is 407 g/mol. The molecule has 4 rings (SSSR count). The fourth-order valence-electron chi connectivity index (χ4n) is 3.95. The summed E-state index contributed by atoms with van der Waals surface area (Å²) < 4.78 is 44.0. The van der Waals surface area contributed by atoms with Crippen molar-refractivity contribution >= 4 is 22.6 Å². The normalized spacial score (nSPS) is 14.2. The molecular formula is C19H20F3N5O2. The number of imidazole rings is 1. The second-order valence-corrected chi connectivity index (χ2v) is 7.29. The predicted octanol–water partition coefficient (Wildman–Crippen LogP) is 2.61. The Hall–Kier alpha value is -3.04. The Morgan fingerprint density at radius 2 is 1.83 bits per heavy atom. The van der Waals surface area contributed by atoms with Crippen LogP contribution in [0.15, 0.2) is 23.0 Å². The zero-order chi connectivity index (χ0) is 20.9. The van der Waals surface area contributed by atoms with Crippen LogP contribution in [0.1, 0.15) is 29.8 Å². The number of anilines is 1. The molecule has 3 aromatic rings. The van der Waals surface area contributed by atoms with E-state index in [1.54, 1.807) is 32.3 Å². The molecule has 1 aromatic carbocycles. The molecule has 0 atom stereocenters. The second kappa shape index (κ2) is 6.78. The van der Waals surface area contributed by atoms with E-state index in [1.165, 1.54) is 13.8 Å². The van der Waals surface area contributed by atoms with Gasteiger partial charge in [0.05, 0.1) is 11.0 Å². The number of hydrogen-bond acceptors (Lipinski definition) is 3. The largest absolute Gasteiger partial charge is 0.435 e. The third kappa shape index (κ3) is 3.32. The first-order valence-electron chi connectivity index (χ1n) is 9.28. The molecular weight excluding hydrogens is 387 g/mol. The summed E-state index contributed by atoms with van der Waals surface area (Å²) in [4.78, 5) is 24.5. The number of benzene rings is 1. The van der Waals surface area contributed by atoms with Crippen molar-refractivity contribution in [2.45, 2.75) is 38.4 Å². The maximum atomic E-state index is 13.3. The van der Waals surface area contributed by atoms with Crippen molar-refractivity contribution in [2.75, 3.05) is 5.32 Å². The molecule has 2 heterocycles. The molecule has 0 fully saturated rings. The van der Waals surface area contributed by atoms with Gasteiger partial charge < -0.3 is 5.32 Å². The molecule has 2 aromatic heterocycles. The second-order valence-electron chi connectivity index (χ2n) is 7.29. The molecule has 0 unspecified atom stereocenters. The Morgan fingerprint density at radius 1 is 1.14 bits per heavy atom. The number of alkyl halides is 3. The van der Waals surface area contributed by atoms with Gasteiger partial charge >= 0.3 is 11.9 Å². The lowest BCUT2D eigenvalue weighted by molar-refractivity contribution is -0.142. The van der Waals surface area contributed by atoms with Gasteiger partial charge in [0, 0.05) is 31.0 Å². The molecule has 0 radical (unpaired) electrons. The minimum Gasteiger partial charge on any atom is -0.324 e. The third-order valence-corrected chi connectivity index (χ3v) is 5.37. The minimum atomic E-state index is -4.54. The van der Waals surface area contributed by atoms with E-state index in [2.05, 4.69) is 10.4 Å². The van der Waals surface area contributed by atoms with E-state index >= 15 is 0 Å². The van der Waals surface area contributed by atoms with Gasteiger partial charge in [0.15, 0.2) is 5.69 Å². The number of nitrogens with zero attached hydrogens (tertiary/aromatic N) is 4. The van der Waals surface area contributed by atoms with Gasteiger partial charge in [-0.3, -0.25) is 18.6 Å². The van der Waals surface area contributed by atoms with Crippen LogP contribution >= 0.6 is 0 Å². The highest BCUT2D eigenvalue weighted by molar-refractivity contribution is 5.93. The fraction of sp³-hybridized carbons (Fsp3) is 0.421. The molecule has 0 bridgehead atoms. The summed E-state index contributed by atoms with van der Waals surface area (Å²) in [6, 6.07) is 5.03. The Bertz CT molecular complexity index is 1170. The lowest BCUT2D eigenvalue weighted by Gasteiger charge is -2.14. The van der Waals surface area contributed by atoms with Crippen LogP contribution in [0.4, 0.5) is 18.9 Å². The zero-order valence-corrected chi connectivity index (χ0v) is 16.0. The first kappa shape index (κ1) is 19.3. The molecule has 0 spiro atoms. The van der Waals surface area contributed by atoms with Crippen LogP contribution in [0.2, 0.25) is 0 Å².